The first kappa shape index (κ1) is 52.1. The molecule has 0 aliphatic carbocycles. The summed E-state index contributed by atoms with van der Waals surface area (Å²) in [5.74, 6) is -1.04. The lowest BCUT2D eigenvalue weighted by molar-refractivity contribution is 0.581. The topological polar surface area (TPSA) is 52.6 Å². The summed E-state index contributed by atoms with van der Waals surface area (Å²) in [6, 6.07) is 69.7. The van der Waals surface area contributed by atoms with Crippen molar-refractivity contribution in [1.29, 1.82) is 0 Å². The van der Waals surface area contributed by atoms with Crippen molar-refractivity contribution in [3.05, 3.63) is 263 Å². The molecule has 0 aliphatic rings. The molecule has 0 bridgehead atoms. The van der Waals surface area contributed by atoms with Gasteiger partial charge in [0.1, 0.15) is 56.3 Å². The standard InChI is InChI=1S/4C13H10O.C11H16.C7H6F2/c1-9-5-4-7-11-10-6-2-3-8-12(10)14-13(9)11;1-9-5-4-8-12-13(9)10-6-2-3-7-11(10)14-12;1-9-6-7-13-11(8-9)10-4-2-3-5-12(10)14-13;1-9-6-7-11-10-4-2-3-5-12(10)14-13(11)8-9;1-9-5-7-10(8-6-9)11(2,3)4;1-5-2-6(8)4-7(9)3-5/h4*2-8H,1H3;5-8H,1-4H3;2-4H,1H3. The summed E-state index contributed by atoms with van der Waals surface area (Å²) < 4.78 is 47.3. The lowest BCUT2D eigenvalue weighted by Crippen LogP contribution is -2.10. The van der Waals surface area contributed by atoms with Crippen LogP contribution >= 0.6 is 0 Å². The smallest absolute Gasteiger partial charge is 0.138 e. The molecule has 0 atom stereocenters. The average molecular weight is 1010 g/mol. The maximum Gasteiger partial charge on any atom is 0.138 e. The highest BCUT2D eigenvalue weighted by Gasteiger charge is 2.13. The Morgan fingerprint density at radius 2 is 0.711 bits per heavy atom. The van der Waals surface area contributed by atoms with Gasteiger partial charge in [-0.3, -0.25) is 0 Å². The van der Waals surface area contributed by atoms with Gasteiger partial charge in [0.15, 0.2) is 0 Å². The number of fused-ring (bicyclic) bond motifs is 12. The normalized spacial score (nSPS) is 11.1. The van der Waals surface area contributed by atoms with Crippen molar-refractivity contribution >= 4 is 87.8 Å². The molecule has 4 heterocycles. The summed E-state index contributed by atoms with van der Waals surface area (Å²) in [5.41, 5.74) is 16.4. The molecule has 6 heteroatoms. The molecule has 0 radical (unpaired) electrons. The molecular formula is C70H62F2O4. The van der Waals surface area contributed by atoms with E-state index in [4.69, 9.17) is 17.7 Å². The Kier molecular flexibility index (Phi) is 15.6. The number of furan rings is 4. The number of rotatable bonds is 0. The van der Waals surface area contributed by atoms with Crippen molar-refractivity contribution in [2.45, 2.75) is 67.7 Å². The van der Waals surface area contributed by atoms with E-state index in [1.165, 1.54) is 88.6 Å². The Labute approximate surface area is 442 Å². The zero-order valence-electron chi connectivity index (χ0n) is 44.6. The van der Waals surface area contributed by atoms with Crippen molar-refractivity contribution in [1.82, 2.24) is 0 Å². The second-order valence-corrected chi connectivity index (χ2v) is 20.4. The van der Waals surface area contributed by atoms with Crippen LogP contribution in [-0.2, 0) is 5.41 Å². The molecule has 4 aromatic heterocycles. The van der Waals surface area contributed by atoms with Gasteiger partial charge in [0.2, 0.25) is 0 Å². The maximum absolute atomic E-state index is 12.2. The molecule has 380 valence electrons. The zero-order valence-corrected chi connectivity index (χ0v) is 44.6. The molecule has 4 nitrogen and oxygen atoms in total. The fraction of sp³-hybridized carbons (Fsp3) is 0.143. The third-order valence-corrected chi connectivity index (χ3v) is 13.2. The highest BCUT2D eigenvalue weighted by Crippen LogP contribution is 2.33. The third kappa shape index (κ3) is 12.1. The Morgan fingerprint density at radius 3 is 1.33 bits per heavy atom. The fourth-order valence-electron chi connectivity index (χ4n) is 9.26. The van der Waals surface area contributed by atoms with E-state index in [0.29, 0.717) is 5.56 Å². The lowest BCUT2D eigenvalue weighted by Gasteiger charge is -2.18. The van der Waals surface area contributed by atoms with E-state index in [1.807, 2.05) is 91.0 Å². The molecule has 0 saturated carbocycles. The van der Waals surface area contributed by atoms with Crippen LogP contribution in [0, 0.1) is 53.2 Å². The van der Waals surface area contributed by atoms with Gasteiger partial charge in [-0.15, -0.1) is 0 Å². The summed E-state index contributed by atoms with van der Waals surface area (Å²) >= 11 is 0. The summed E-state index contributed by atoms with van der Waals surface area (Å²) in [6.45, 7) is 18.8. The van der Waals surface area contributed by atoms with Crippen molar-refractivity contribution < 1.29 is 26.4 Å². The molecule has 76 heavy (non-hydrogen) atoms. The molecule has 0 unspecified atom stereocenters. The van der Waals surface area contributed by atoms with E-state index < -0.39 is 11.6 Å². The van der Waals surface area contributed by atoms with Gasteiger partial charge in [-0.2, -0.15) is 0 Å². The second-order valence-electron chi connectivity index (χ2n) is 20.4. The van der Waals surface area contributed by atoms with E-state index in [0.717, 1.165) is 50.7 Å². The molecule has 0 amide bonds. The Bertz CT molecular complexity index is 4180. The molecule has 14 aromatic rings. The first-order valence-electron chi connectivity index (χ1n) is 25.6. The Balaban J connectivity index is 0.000000112. The number of hydrogen-bond donors (Lipinski definition) is 0. The monoisotopic (exact) mass is 1000 g/mol. The minimum atomic E-state index is -0.521. The summed E-state index contributed by atoms with van der Waals surface area (Å²) in [6.07, 6.45) is 0. The predicted molar refractivity (Wildman–Crippen MR) is 315 cm³/mol. The van der Waals surface area contributed by atoms with Crippen LogP contribution in [0.3, 0.4) is 0 Å². The summed E-state index contributed by atoms with van der Waals surface area (Å²) in [7, 11) is 0. The molecule has 10 aromatic carbocycles. The van der Waals surface area contributed by atoms with Crippen LogP contribution in [0.15, 0.2) is 230 Å². The number of aryl methyl sites for hydroxylation is 6. The van der Waals surface area contributed by atoms with Crippen molar-refractivity contribution in [2.75, 3.05) is 0 Å². The molecule has 0 N–H and O–H groups in total. The molecule has 0 aliphatic heterocycles. The minimum Gasteiger partial charge on any atom is -0.456 e. The number of hydrogen-bond acceptors (Lipinski definition) is 4. The van der Waals surface area contributed by atoms with Gasteiger partial charge < -0.3 is 17.7 Å². The van der Waals surface area contributed by atoms with Crippen molar-refractivity contribution in [2.24, 2.45) is 0 Å². The van der Waals surface area contributed by atoms with Crippen molar-refractivity contribution in [3.8, 4) is 0 Å². The maximum atomic E-state index is 12.2. The van der Waals surface area contributed by atoms with Crippen LogP contribution in [0.2, 0.25) is 0 Å². The van der Waals surface area contributed by atoms with Gasteiger partial charge in [-0.25, -0.2) is 8.78 Å². The highest BCUT2D eigenvalue weighted by molar-refractivity contribution is 6.08. The van der Waals surface area contributed by atoms with Gasteiger partial charge in [-0.1, -0.05) is 177 Å². The van der Waals surface area contributed by atoms with E-state index in [1.54, 1.807) is 6.92 Å². The molecule has 0 fully saturated rings. The second kappa shape index (κ2) is 22.8. The van der Waals surface area contributed by atoms with Gasteiger partial charge in [-0.05, 0) is 135 Å². The van der Waals surface area contributed by atoms with Crippen LogP contribution in [0.5, 0.6) is 0 Å². The molecular weight excluding hydrogens is 943 g/mol. The van der Waals surface area contributed by atoms with Crippen LogP contribution < -0.4 is 0 Å². The number of para-hydroxylation sites is 5. The molecule has 0 spiro atoms. The van der Waals surface area contributed by atoms with E-state index >= 15 is 0 Å². The predicted octanol–water partition coefficient (Wildman–Crippen LogP) is 21.1. The van der Waals surface area contributed by atoms with Crippen LogP contribution in [0.4, 0.5) is 8.78 Å². The van der Waals surface area contributed by atoms with Crippen LogP contribution in [0.1, 0.15) is 59.7 Å². The largest absolute Gasteiger partial charge is 0.456 e. The SMILES string of the molecule is Cc1cc(F)cc(F)c1.Cc1ccc(C(C)(C)C)cc1.Cc1ccc2c(c1)oc1ccccc12.Cc1ccc2oc3ccccc3c2c1.Cc1cccc2c1oc1ccccc12.Cc1cccc2oc3ccccc3c12. The van der Waals surface area contributed by atoms with Gasteiger partial charge in [0.25, 0.3) is 0 Å². The van der Waals surface area contributed by atoms with Gasteiger partial charge >= 0.3 is 0 Å². The van der Waals surface area contributed by atoms with Gasteiger partial charge in [0.05, 0.1) is 0 Å². The van der Waals surface area contributed by atoms with E-state index in [-0.39, 0.29) is 5.41 Å². The first-order valence-corrected chi connectivity index (χ1v) is 25.6. The van der Waals surface area contributed by atoms with Gasteiger partial charge in [0, 0.05) is 49.2 Å². The molecule has 0 saturated heterocycles. The number of halogens is 2. The summed E-state index contributed by atoms with van der Waals surface area (Å²) in [4.78, 5) is 0. The first-order chi connectivity index (χ1) is 36.6. The fourth-order valence-corrected chi connectivity index (χ4v) is 9.26. The Hall–Kier alpha value is -8.74. The van der Waals surface area contributed by atoms with Crippen LogP contribution in [0.25, 0.3) is 87.8 Å². The summed E-state index contributed by atoms with van der Waals surface area (Å²) in [5, 5.41) is 9.66. The quantitative estimate of drug-likeness (QED) is 0.152. The van der Waals surface area contributed by atoms with E-state index in [9.17, 15) is 8.78 Å². The van der Waals surface area contributed by atoms with Crippen LogP contribution in [-0.4, -0.2) is 0 Å². The third-order valence-electron chi connectivity index (χ3n) is 13.2. The average Bonchev–Trinajstić information content (AvgIpc) is 4.18. The van der Waals surface area contributed by atoms with E-state index in [2.05, 4.69) is 159 Å². The Morgan fingerprint density at radius 1 is 0.289 bits per heavy atom. The highest BCUT2D eigenvalue weighted by atomic mass is 19.1. The lowest BCUT2D eigenvalue weighted by atomic mass is 9.87. The number of benzene rings is 10. The zero-order chi connectivity index (χ0) is 53.5. The molecule has 14 rings (SSSR count). The van der Waals surface area contributed by atoms with Crippen molar-refractivity contribution in [3.63, 3.8) is 0 Å². The minimum absolute atomic E-state index is 0.285.